The molecule has 3 rings (SSSR count). The monoisotopic (exact) mass is 354 g/mol. The van der Waals surface area contributed by atoms with Gasteiger partial charge in [-0.2, -0.15) is 0 Å². The van der Waals surface area contributed by atoms with E-state index in [2.05, 4.69) is 30.4 Å². The zero-order valence-corrected chi connectivity index (χ0v) is 15.5. The fourth-order valence-electron chi connectivity index (χ4n) is 3.06. The topological polar surface area (TPSA) is 27.7 Å². The quantitative estimate of drug-likeness (QED) is 0.763. The molecule has 2 heterocycles. The highest BCUT2D eigenvalue weighted by atomic mass is 32.2. The number of hydrogen-bond acceptors (Lipinski definition) is 5. The van der Waals surface area contributed by atoms with Crippen LogP contribution in [-0.4, -0.2) is 35.9 Å². The van der Waals surface area contributed by atoms with Gasteiger partial charge in [-0.05, 0) is 48.8 Å². The lowest BCUT2D eigenvalue weighted by Gasteiger charge is -2.34. The molecule has 2 fully saturated rings. The Morgan fingerprint density at radius 3 is 2.65 bits per heavy atom. The Kier molecular flexibility index (Phi) is 6.57. The summed E-state index contributed by atoms with van der Waals surface area (Å²) in [6, 6.07) is 7.98. The standard InChI is InChI=1S/C18H26O3S2/c1-13(18-22-10-3-11-23-18)12-16-8-9-20-17(21-16)14-4-6-15(19-2)7-5-14/h4-7,13,16-18H,3,8-12H2,1-2H3/t13-,16+,17?/m1/s1. The molecule has 2 saturated heterocycles. The van der Waals surface area contributed by atoms with E-state index >= 15 is 0 Å². The minimum atomic E-state index is -0.237. The highest BCUT2D eigenvalue weighted by Crippen LogP contribution is 2.39. The van der Waals surface area contributed by atoms with Gasteiger partial charge in [0.2, 0.25) is 0 Å². The average Bonchev–Trinajstić information content (AvgIpc) is 2.63. The highest BCUT2D eigenvalue weighted by molar-refractivity contribution is 8.17. The molecule has 3 nitrogen and oxygen atoms in total. The second-order valence-electron chi connectivity index (χ2n) is 6.20. The number of methoxy groups -OCH3 is 1. The summed E-state index contributed by atoms with van der Waals surface area (Å²) in [4.78, 5) is 0. The molecule has 5 heteroatoms. The van der Waals surface area contributed by atoms with Crippen molar-refractivity contribution in [1.82, 2.24) is 0 Å². The van der Waals surface area contributed by atoms with Gasteiger partial charge in [0.15, 0.2) is 6.29 Å². The van der Waals surface area contributed by atoms with Crippen molar-refractivity contribution in [2.24, 2.45) is 5.92 Å². The Hall–Kier alpha value is -0.360. The zero-order chi connectivity index (χ0) is 16.1. The molecule has 2 aliphatic rings. The van der Waals surface area contributed by atoms with Gasteiger partial charge in [-0.1, -0.05) is 19.1 Å². The molecular formula is C18H26O3S2. The van der Waals surface area contributed by atoms with Crippen LogP contribution in [0.5, 0.6) is 5.75 Å². The Balaban J connectivity index is 1.54. The summed E-state index contributed by atoms with van der Waals surface area (Å²) in [5, 5.41) is 0. The molecule has 0 radical (unpaired) electrons. The summed E-state index contributed by atoms with van der Waals surface area (Å²) in [6.07, 6.45) is 3.54. The summed E-state index contributed by atoms with van der Waals surface area (Å²) < 4.78 is 18.0. The Bertz CT molecular complexity index is 474. The molecular weight excluding hydrogens is 328 g/mol. The maximum atomic E-state index is 6.23. The molecule has 0 bridgehead atoms. The summed E-state index contributed by atoms with van der Waals surface area (Å²) in [5.41, 5.74) is 1.07. The fourth-order valence-corrected chi connectivity index (χ4v) is 6.17. The lowest BCUT2D eigenvalue weighted by Crippen LogP contribution is -2.30. The van der Waals surface area contributed by atoms with E-state index in [0.717, 1.165) is 35.3 Å². The van der Waals surface area contributed by atoms with Crippen LogP contribution in [0.4, 0.5) is 0 Å². The Morgan fingerprint density at radius 1 is 1.22 bits per heavy atom. The molecule has 0 aliphatic carbocycles. The minimum absolute atomic E-state index is 0.237. The minimum Gasteiger partial charge on any atom is -0.497 e. The van der Waals surface area contributed by atoms with E-state index in [1.54, 1.807) is 7.11 Å². The van der Waals surface area contributed by atoms with E-state index in [-0.39, 0.29) is 6.29 Å². The van der Waals surface area contributed by atoms with Crippen LogP contribution in [0, 0.1) is 5.92 Å². The molecule has 0 amide bonds. The van der Waals surface area contributed by atoms with Crippen LogP contribution in [0.25, 0.3) is 0 Å². The number of thioether (sulfide) groups is 2. The molecule has 128 valence electrons. The lowest BCUT2D eigenvalue weighted by atomic mass is 10.0. The molecule has 23 heavy (non-hydrogen) atoms. The third-order valence-electron chi connectivity index (χ3n) is 4.37. The van der Waals surface area contributed by atoms with Crippen LogP contribution in [0.15, 0.2) is 24.3 Å². The van der Waals surface area contributed by atoms with Crippen molar-refractivity contribution in [2.75, 3.05) is 25.2 Å². The molecule has 1 unspecified atom stereocenters. The number of ether oxygens (including phenoxy) is 3. The largest absolute Gasteiger partial charge is 0.497 e. The van der Waals surface area contributed by atoms with Gasteiger partial charge in [0, 0.05) is 5.56 Å². The first-order chi connectivity index (χ1) is 11.3. The summed E-state index contributed by atoms with van der Waals surface area (Å²) in [5.74, 6) is 4.17. The number of benzene rings is 1. The molecule has 0 spiro atoms. The third kappa shape index (κ3) is 4.81. The third-order valence-corrected chi connectivity index (χ3v) is 7.82. The first-order valence-electron chi connectivity index (χ1n) is 8.40. The predicted octanol–water partition coefficient (Wildman–Crippen LogP) is 4.72. The molecule has 1 aromatic rings. The van der Waals surface area contributed by atoms with E-state index in [1.165, 1.54) is 17.9 Å². The van der Waals surface area contributed by atoms with Crippen molar-refractivity contribution >= 4 is 23.5 Å². The maximum Gasteiger partial charge on any atom is 0.184 e. The molecule has 3 atom stereocenters. The maximum absolute atomic E-state index is 6.23. The van der Waals surface area contributed by atoms with Gasteiger partial charge < -0.3 is 14.2 Å². The van der Waals surface area contributed by atoms with Crippen molar-refractivity contribution < 1.29 is 14.2 Å². The second kappa shape index (κ2) is 8.65. The van der Waals surface area contributed by atoms with E-state index in [0.29, 0.717) is 12.0 Å². The Morgan fingerprint density at radius 2 is 1.96 bits per heavy atom. The van der Waals surface area contributed by atoms with Gasteiger partial charge in [0.1, 0.15) is 5.75 Å². The van der Waals surface area contributed by atoms with E-state index in [9.17, 15) is 0 Å². The van der Waals surface area contributed by atoms with Gasteiger partial charge in [0.25, 0.3) is 0 Å². The fraction of sp³-hybridized carbons (Fsp3) is 0.667. The van der Waals surface area contributed by atoms with E-state index in [1.807, 2.05) is 24.3 Å². The SMILES string of the molecule is COc1ccc(C2OCC[C@@H](C[C@@H](C)C3SCCCS3)O2)cc1. The van der Waals surface area contributed by atoms with Crippen molar-refractivity contribution in [3.63, 3.8) is 0 Å². The van der Waals surface area contributed by atoms with Crippen LogP contribution in [0.3, 0.4) is 0 Å². The van der Waals surface area contributed by atoms with Crippen LogP contribution in [-0.2, 0) is 9.47 Å². The van der Waals surface area contributed by atoms with E-state index < -0.39 is 0 Å². The highest BCUT2D eigenvalue weighted by Gasteiger charge is 2.29. The van der Waals surface area contributed by atoms with Gasteiger partial charge in [-0.3, -0.25) is 0 Å². The zero-order valence-electron chi connectivity index (χ0n) is 13.9. The first kappa shape index (κ1) is 17.5. The summed E-state index contributed by atoms with van der Waals surface area (Å²) in [6.45, 7) is 3.15. The lowest BCUT2D eigenvalue weighted by molar-refractivity contribution is -0.220. The van der Waals surface area contributed by atoms with Crippen LogP contribution >= 0.6 is 23.5 Å². The molecule has 0 N–H and O–H groups in total. The van der Waals surface area contributed by atoms with Gasteiger partial charge in [-0.15, -0.1) is 23.5 Å². The number of hydrogen-bond donors (Lipinski definition) is 0. The summed E-state index contributed by atoms with van der Waals surface area (Å²) in [7, 11) is 1.68. The van der Waals surface area contributed by atoms with Crippen molar-refractivity contribution in [3.05, 3.63) is 29.8 Å². The normalized spacial score (nSPS) is 27.6. The van der Waals surface area contributed by atoms with Gasteiger partial charge >= 0.3 is 0 Å². The predicted molar refractivity (Wildman–Crippen MR) is 98.3 cm³/mol. The number of rotatable bonds is 5. The molecule has 1 aromatic carbocycles. The van der Waals surface area contributed by atoms with Gasteiger partial charge in [-0.25, -0.2) is 0 Å². The molecule has 0 aromatic heterocycles. The Labute approximate surface area is 147 Å². The second-order valence-corrected chi connectivity index (χ2v) is 9.00. The van der Waals surface area contributed by atoms with Crippen molar-refractivity contribution in [1.29, 1.82) is 0 Å². The molecule has 0 saturated carbocycles. The van der Waals surface area contributed by atoms with Crippen LogP contribution in [0.1, 0.15) is 38.0 Å². The molecule has 2 aliphatic heterocycles. The first-order valence-corrected chi connectivity index (χ1v) is 10.5. The van der Waals surface area contributed by atoms with Gasteiger partial charge in [0.05, 0.1) is 24.4 Å². The van der Waals surface area contributed by atoms with E-state index in [4.69, 9.17) is 14.2 Å². The van der Waals surface area contributed by atoms with Crippen molar-refractivity contribution in [3.8, 4) is 5.75 Å². The average molecular weight is 355 g/mol. The van der Waals surface area contributed by atoms with Crippen LogP contribution in [0.2, 0.25) is 0 Å². The summed E-state index contributed by atoms with van der Waals surface area (Å²) >= 11 is 4.25. The van der Waals surface area contributed by atoms with Crippen molar-refractivity contribution in [2.45, 2.75) is 43.2 Å². The smallest absolute Gasteiger partial charge is 0.184 e. The van der Waals surface area contributed by atoms with Crippen LogP contribution < -0.4 is 4.74 Å².